The van der Waals surface area contributed by atoms with Crippen LogP contribution in [0.2, 0.25) is 0 Å². The van der Waals surface area contributed by atoms with Gasteiger partial charge < -0.3 is 10.4 Å². The predicted octanol–water partition coefficient (Wildman–Crippen LogP) is 1.31. The summed E-state index contributed by atoms with van der Waals surface area (Å²) < 4.78 is 0. The highest BCUT2D eigenvalue weighted by Crippen LogP contribution is 2.24. The number of nitrogens with zero attached hydrogens (tertiary/aromatic N) is 3. The van der Waals surface area contributed by atoms with E-state index in [1.165, 1.54) is 0 Å². The molecule has 0 radical (unpaired) electrons. The summed E-state index contributed by atoms with van der Waals surface area (Å²) in [6.45, 7) is 3.35. The van der Waals surface area contributed by atoms with Crippen LogP contribution in [0.15, 0.2) is 36.7 Å². The van der Waals surface area contributed by atoms with Gasteiger partial charge in [-0.25, -0.2) is 0 Å². The van der Waals surface area contributed by atoms with Crippen LogP contribution in [0.5, 0.6) is 0 Å². The van der Waals surface area contributed by atoms with Crippen LogP contribution in [-0.4, -0.2) is 25.7 Å². The summed E-state index contributed by atoms with van der Waals surface area (Å²) >= 11 is 0. The van der Waals surface area contributed by atoms with E-state index in [1.807, 2.05) is 18.2 Å². The van der Waals surface area contributed by atoms with Gasteiger partial charge in [0.25, 0.3) is 0 Å². The molecule has 1 aromatic heterocycles. The van der Waals surface area contributed by atoms with Crippen LogP contribution in [0.4, 0.5) is 5.69 Å². The molecule has 0 aliphatic carbocycles. The van der Waals surface area contributed by atoms with Crippen molar-refractivity contribution in [3.63, 3.8) is 0 Å². The molecule has 0 atom stereocenters. The molecule has 6 heteroatoms. The van der Waals surface area contributed by atoms with E-state index < -0.39 is 0 Å². The van der Waals surface area contributed by atoms with Crippen molar-refractivity contribution in [2.75, 3.05) is 5.32 Å². The van der Waals surface area contributed by atoms with Crippen LogP contribution in [-0.2, 0) is 0 Å². The summed E-state index contributed by atoms with van der Waals surface area (Å²) in [7, 11) is 0. The maximum atomic E-state index is 9.06. The van der Waals surface area contributed by atoms with Crippen molar-refractivity contribution in [1.29, 1.82) is 0 Å². The molecule has 0 aliphatic rings. The monoisotopic (exact) mass is 203 g/mol. The number of anilines is 1. The second-order valence-corrected chi connectivity index (χ2v) is 2.85. The molecule has 0 saturated heterocycles. The maximum Gasteiger partial charge on any atom is 0.206 e. The number of hydrogen-bond acceptors (Lipinski definition) is 5. The molecular weight excluding hydrogens is 194 g/mol. The van der Waals surface area contributed by atoms with E-state index in [0.29, 0.717) is 11.5 Å². The first-order chi connectivity index (χ1) is 7.27. The molecule has 0 fully saturated rings. The topological polar surface area (TPSA) is 86.7 Å². The summed E-state index contributed by atoms with van der Waals surface area (Å²) in [5, 5.41) is 25.3. The van der Waals surface area contributed by atoms with E-state index >= 15 is 0 Å². The highest BCUT2D eigenvalue weighted by Gasteiger charge is 2.08. The first-order valence-corrected chi connectivity index (χ1v) is 4.25. The number of tetrazole rings is 1. The van der Waals surface area contributed by atoms with Gasteiger partial charge in [0.2, 0.25) is 5.82 Å². The molecule has 1 heterocycles. The minimum Gasteiger partial charge on any atom is -0.495 e. The molecule has 1 aromatic carbocycles. The largest absolute Gasteiger partial charge is 0.495 e. The van der Waals surface area contributed by atoms with Gasteiger partial charge in [-0.2, -0.15) is 5.21 Å². The molecule has 0 spiro atoms. The molecule has 76 valence electrons. The summed E-state index contributed by atoms with van der Waals surface area (Å²) in [6.07, 6.45) is 0. The normalized spacial score (nSPS) is 9.87. The zero-order valence-corrected chi connectivity index (χ0v) is 7.81. The van der Waals surface area contributed by atoms with Gasteiger partial charge in [0.15, 0.2) is 5.88 Å². The second kappa shape index (κ2) is 3.79. The number of hydrogen-bond donors (Lipinski definition) is 3. The molecule has 2 aromatic rings. The summed E-state index contributed by atoms with van der Waals surface area (Å²) in [5.41, 5.74) is 1.41. The molecule has 15 heavy (non-hydrogen) atoms. The van der Waals surface area contributed by atoms with Crippen molar-refractivity contribution in [1.82, 2.24) is 20.6 Å². The Kier molecular flexibility index (Phi) is 2.32. The first-order valence-electron chi connectivity index (χ1n) is 4.25. The predicted molar refractivity (Wildman–Crippen MR) is 55.0 cm³/mol. The van der Waals surface area contributed by atoms with Gasteiger partial charge in [0.1, 0.15) is 0 Å². The third kappa shape index (κ3) is 1.93. The number of rotatable bonds is 3. The number of aliphatic hydroxyl groups is 1. The molecule has 6 nitrogen and oxygen atoms in total. The Bertz CT molecular complexity index is 465. The van der Waals surface area contributed by atoms with Crippen LogP contribution in [0, 0.1) is 0 Å². The third-order valence-corrected chi connectivity index (χ3v) is 1.79. The van der Waals surface area contributed by atoms with Gasteiger partial charge in [0.05, 0.1) is 5.69 Å². The standard InChI is InChI=1S/C9H9N5O/c1-6(15)10-8-5-3-2-4-7(8)9-11-13-14-12-9/h2-5,10,15H,1H2,(H,11,12,13,14). The molecular formula is C9H9N5O. The number of H-pyrrole nitrogens is 1. The number of nitrogens with one attached hydrogen (secondary N) is 2. The lowest BCUT2D eigenvalue weighted by Gasteiger charge is -2.07. The number of para-hydroxylation sites is 1. The summed E-state index contributed by atoms with van der Waals surface area (Å²) in [6, 6.07) is 7.27. The molecule has 0 unspecified atom stereocenters. The van der Waals surface area contributed by atoms with Gasteiger partial charge in [-0.05, 0) is 23.9 Å². The Morgan fingerprint density at radius 1 is 1.40 bits per heavy atom. The van der Waals surface area contributed by atoms with Crippen molar-refractivity contribution in [2.45, 2.75) is 0 Å². The van der Waals surface area contributed by atoms with Crippen LogP contribution in [0.25, 0.3) is 11.4 Å². The summed E-state index contributed by atoms with van der Waals surface area (Å²) in [5.74, 6) is 0.324. The van der Waals surface area contributed by atoms with Gasteiger partial charge in [0, 0.05) is 5.56 Å². The SMILES string of the molecule is C=C(O)Nc1ccccc1-c1nn[nH]n1. The molecule has 0 amide bonds. The Hall–Kier alpha value is -2.37. The van der Waals surface area contributed by atoms with Gasteiger partial charge in [-0.15, -0.1) is 10.2 Å². The number of aromatic nitrogens is 4. The Balaban J connectivity index is 2.42. The molecule has 3 N–H and O–H groups in total. The van der Waals surface area contributed by atoms with Crippen molar-refractivity contribution < 1.29 is 5.11 Å². The van der Waals surface area contributed by atoms with Gasteiger partial charge >= 0.3 is 0 Å². The van der Waals surface area contributed by atoms with Crippen LogP contribution < -0.4 is 5.32 Å². The highest BCUT2D eigenvalue weighted by atomic mass is 16.3. The van der Waals surface area contributed by atoms with Crippen molar-refractivity contribution in [3.8, 4) is 11.4 Å². The van der Waals surface area contributed by atoms with Crippen LogP contribution >= 0.6 is 0 Å². The van der Waals surface area contributed by atoms with E-state index in [-0.39, 0.29) is 5.88 Å². The number of benzene rings is 1. The van der Waals surface area contributed by atoms with Crippen molar-refractivity contribution in [3.05, 3.63) is 36.7 Å². The van der Waals surface area contributed by atoms with E-state index in [4.69, 9.17) is 5.11 Å². The second-order valence-electron chi connectivity index (χ2n) is 2.85. The zero-order chi connectivity index (χ0) is 10.7. The smallest absolute Gasteiger partial charge is 0.206 e. The fourth-order valence-corrected chi connectivity index (χ4v) is 1.22. The Morgan fingerprint density at radius 3 is 2.87 bits per heavy atom. The van der Waals surface area contributed by atoms with Gasteiger partial charge in [-0.3, -0.25) is 0 Å². The summed E-state index contributed by atoms with van der Waals surface area (Å²) in [4.78, 5) is 0. The minimum absolute atomic E-state index is 0.133. The van der Waals surface area contributed by atoms with Gasteiger partial charge in [-0.1, -0.05) is 12.1 Å². The minimum atomic E-state index is -0.133. The lowest BCUT2D eigenvalue weighted by molar-refractivity contribution is 0.422. The van der Waals surface area contributed by atoms with E-state index in [0.717, 1.165) is 5.56 Å². The fraction of sp³-hybridized carbons (Fsp3) is 0. The maximum absolute atomic E-state index is 9.06. The van der Waals surface area contributed by atoms with Crippen LogP contribution in [0.3, 0.4) is 0 Å². The van der Waals surface area contributed by atoms with E-state index in [2.05, 4.69) is 32.5 Å². The average Bonchev–Trinajstić information content (AvgIpc) is 2.70. The van der Waals surface area contributed by atoms with E-state index in [1.54, 1.807) is 6.07 Å². The molecule has 0 saturated carbocycles. The molecule has 2 rings (SSSR count). The van der Waals surface area contributed by atoms with E-state index in [9.17, 15) is 0 Å². The molecule has 0 aliphatic heterocycles. The highest BCUT2D eigenvalue weighted by molar-refractivity contribution is 5.73. The third-order valence-electron chi connectivity index (χ3n) is 1.79. The molecule has 0 bridgehead atoms. The lowest BCUT2D eigenvalue weighted by Crippen LogP contribution is -1.98. The lowest BCUT2D eigenvalue weighted by atomic mass is 10.1. The number of aromatic amines is 1. The van der Waals surface area contributed by atoms with Crippen molar-refractivity contribution >= 4 is 5.69 Å². The number of aliphatic hydroxyl groups excluding tert-OH is 1. The fourth-order valence-electron chi connectivity index (χ4n) is 1.22. The Labute approximate surface area is 85.6 Å². The quantitative estimate of drug-likeness (QED) is 0.654. The van der Waals surface area contributed by atoms with Crippen molar-refractivity contribution in [2.24, 2.45) is 0 Å². The zero-order valence-electron chi connectivity index (χ0n) is 7.81. The van der Waals surface area contributed by atoms with Crippen LogP contribution in [0.1, 0.15) is 0 Å². The average molecular weight is 203 g/mol. The Morgan fingerprint density at radius 2 is 2.20 bits per heavy atom. The first kappa shape index (κ1) is 9.20.